The van der Waals surface area contributed by atoms with Gasteiger partial charge in [-0.1, -0.05) is 36.0 Å². The molecule has 0 saturated heterocycles. The first-order chi connectivity index (χ1) is 13.9. The molecule has 0 aliphatic carbocycles. The summed E-state index contributed by atoms with van der Waals surface area (Å²) in [6, 6.07) is 16.3. The molecule has 3 aromatic rings. The quantitative estimate of drug-likeness (QED) is 0.469. The van der Waals surface area contributed by atoms with Gasteiger partial charge in [0.25, 0.3) is 5.91 Å². The molecule has 0 aliphatic heterocycles. The average Bonchev–Trinajstić information content (AvgIpc) is 2.66. The lowest BCUT2D eigenvalue weighted by atomic mass is 10.1. The predicted molar refractivity (Wildman–Crippen MR) is 116 cm³/mol. The van der Waals surface area contributed by atoms with Gasteiger partial charge in [-0.05, 0) is 56.7 Å². The molecule has 0 aliphatic rings. The molecule has 2 N–H and O–H groups in total. The third-order valence-corrected chi connectivity index (χ3v) is 4.93. The first-order valence-electron chi connectivity index (χ1n) is 9.13. The Balaban J connectivity index is 1.66. The first-order valence-corrected chi connectivity index (χ1v) is 10.1. The second-order valence-electron chi connectivity index (χ2n) is 6.60. The maximum Gasteiger partial charge on any atom is 0.257 e. The second-order valence-corrected chi connectivity index (χ2v) is 7.60. The Morgan fingerprint density at radius 2 is 1.72 bits per heavy atom. The van der Waals surface area contributed by atoms with Crippen molar-refractivity contribution in [3.63, 3.8) is 0 Å². The second kappa shape index (κ2) is 9.34. The molecule has 0 spiro atoms. The van der Waals surface area contributed by atoms with E-state index in [0.717, 1.165) is 16.3 Å². The minimum Gasteiger partial charge on any atom is -0.325 e. The number of anilines is 2. The molecular weight excluding hydrogens is 384 g/mol. The van der Waals surface area contributed by atoms with Crippen LogP contribution < -0.4 is 10.6 Å². The fourth-order valence-corrected chi connectivity index (χ4v) is 3.60. The molecule has 3 rings (SSSR count). The lowest BCUT2D eigenvalue weighted by molar-refractivity contribution is -0.113. The lowest BCUT2D eigenvalue weighted by Crippen LogP contribution is -2.19. The summed E-state index contributed by atoms with van der Waals surface area (Å²) in [5.74, 6) is 0.371. The van der Waals surface area contributed by atoms with Crippen LogP contribution in [0.4, 0.5) is 11.4 Å². The Morgan fingerprint density at radius 1 is 0.931 bits per heavy atom. The maximum atomic E-state index is 12.7. The number of hydrogen-bond donors (Lipinski definition) is 2. The molecule has 7 heteroatoms. The largest absolute Gasteiger partial charge is 0.325 e. The van der Waals surface area contributed by atoms with Crippen molar-refractivity contribution in [3.05, 3.63) is 77.2 Å². The van der Waals surface area contributed by atoms with Crippen molar-refractivity contribution in [2.24, 2.45) is 0 Å². The van der Waals surface area contributed by atoms with Crippen LogP contribution in [0, 0.1) is 20.8 Å². The molecule has 1 aromatic heterocycles. The number of aromatic nitrogens is 2. The van der Waals surface area contributed by atoms with Crippen molar-refractivity contribution >= 4 is 35.0 Å². The molecule has 6 nitrogen and oxygen atoms in total. The lowest BCUT2D eigenvalue weighted by Gasteiger charge is -2.12. The number of thioether (sulfide) groups is 1. The SMILES string of the molecule is Cc1cccc(NC(=O)c2ccccc2NC(=O)CSc2cc(C)nc(C)n2)c1. The number of carbonyl (C=O) groups is 2. The van der Waals surface area contributed by atoms with E-state index < -0.39 is 0 Å². The summed E-state index contributed by atoms with van der Waals surface area (Å²) < 4.78 is 0. The molecule has 0 saturated carbocycles. The Hall–Kier alpha value is -3.19. The van der Waals surface area contributed by atoms with E-state index in [1.165, 1.54) is 11.8 Å². The normalized spacial score (nSPS) is 10.4. The molecule has 1 heterocycles. The zero-order valence-electron chi connectivity index (χ0n) is 16.5. The molecule has 2 aromatic carbocycles. The molecule has 29 heavy (non-hydrogen) atoms. The standard InChI is InChI=1S/C22H22N4O2S/c1-14-7-6-8-17(11-14)25-22(28)18-9-4-5-10-19(18)26-20(27)13-29-21-12-15(2)23-16(3)24-21/h4-12H,13H2,1-3H3,(H,25,28)(H,26,27). The fourth-order valence-electron chi connectivity index (χ4n) is 2.79. The van der Waals surface area contributed by atoms with Gasteiger partial charge in [-0.2, -0.15) is 0 Å². The van der Waals surface area contributed by atoms with Gasteiger partial charge in [-0.3, -0.25) is 9.59 Å². The molecule has 2 amide bonds. The van der Waals surface area contributed by atoms with Crippen LogP contribution in [0.15, 0.2) is 59.6 Å². The van der Waals surface area contributed by atoms with E-state index in [-0.39, 0.29) is 17.6 Å². The molecule has 0 bridgehead atoms. The van der Waals surface area contributed by atoms with Crippen molar-refractivity contribution in [1.29, 1.82) is 0 Å². The van der Waals surface area contributed by atoms with Gasteiger partial charge >= 0.3 is 0 Å². The van der Waals surface area contributed by atoms with E-state index >= 15 is 0 Å². The first kappa shape index (κ1) is 20.5. The van der Waals surface area contributed by atoms with Crippen molar-refractivity contribution in [2.75, 3.05) is 16.4 Å². The number of amides is 2. The summed E-state index contributed by atoms with van der Waals surface area (Å²) in [4.78, 5) is 33.7. The average molecular weight is 407 g/mol. The van der Waals surface area contributed by atoms with E-state index in [9.17, 15) is 9.59 Å². The van der Waals surface area contributed by atoms with Crippen molar-refractivity contribution < 1.29 is 9.59 Å². The topological polar surface area (TPSA) is 84.0 Å². The van der Waals surface area contributed by atoms with Crippen LogP contribution in [0.2, 0.25) is 0 Å². The van der Waals surface area contributed by atoms with Gasteiger partial charge in [0.05, 0.1) is 17.0 Å². The molecule has 0 atom stereocenters. The summed E-state index contributed by atoms with van der Waals surface area (Å²) >= 11 is 1.33. The number of benzene rings is 2. The van der Waals surface area contributed by atoms with E-state index in [0.29, 0.717) is 22.8 Å². The molecule has 0 unspecified atom stereocenters. The number of carbonyl (C=O) groups excluding carboxylic acids is 2. The zero-order chi connectivity index (χ0) is 20.8. The van der Waals surface area contributed by atoms with Gasteiger partial charge in [0.15, 0.2) is 0 Å². The van der Waals surface area contributed by atoms with Crippen molar-refractivity contribution in [1.82, 2.24) is 9.97 Å². The van der Waals surface area contributed by atoms with E-state index in [4.69, 9.17) is 0 Å². The van der Waals surface area contributed by atoms with Gasteiger partial charge < -0.3 is 10.6 Å². The summed E-state index contributed by atoms with van der Waals surface area (Å²) in [5.41, 5.74) is 3.50. The number of aryl methyl sites for hydroxylation is 3. The number of para-hydroxylation sites is 1. The van der Waals surface area contributed by atoms with E-state index in [1.54, 1.807) is 24.3 Å². The van der Waals surface area contributed by atoms with Crippen molar-refractivity contribution in [3.8, 4) is 0 Å². The van der Waals surface area contributed by atoms with Crippen molar-refractivity contribution in [2.45, 2.75) is 25.8 Å². The highest BCUT2D eigenvalue weighted by Gasteiger charge is 2.14. The van der Waals surface area contributed by atoms with Gasteiger partial charge in [0.1, 0.15) is 10.9 Å². The third-order valence-electron chi connectivity index (χ3n) is 4.02. The highest BCUT2D eigenvalue weighted by atomic mass is 32.2. The van der Waals surface area contributed by atoms with Crippen LogP contribution >= 0.6 is 11.8 Å². The fraction of sp³-hybridized carbons (Fsp3) is 0.182. The monoisotopic (exact) mass is 406 g/mol. The van der Waals surface area contributed by atoms with Crippen LogP contribution in [0.3, 0.4) is 0 Å². The molecule has 0 radical (unpaired) electrons. The Bertz CT molecular complexity index is 1030. The Kier molecular flexibility index (Phi) is 6.61. The third kappa shape index (κ3) is 5.89. The number of hydrogen-bond acceptors (Lipinski definition) is 5. The number of nitrogens with one attached hydrogen (secondary N) is 2. The highest BCUT2D eigenvalue weighted by Crippen LogP contribution is 2.20. The van der Waals surface area contributed by atoms with Gasteiger partial charge in [0, 0.05) is 11.4 Å². The molecular formula is C22H22N4O2S. The van der Waals surface area contributed by atoms with Crippen LogP contribution in [-0.4, -0.2) is 27.5 Å². The summed E-state index contributed by atoms with van der Waals surface area (Å²) in [6.07, 6.45) is 0. The van der Waals surface area contributed by atoms with Gasteiger partial charge in [-0.25, -0.2) is 9.97 Å². The smallest absolute Gasteiger partial charge is 0.257 e. The van der Waals surface area contributed by atoms with E-state index in [1.807, 2.05) is 51.1 Å². The van der Waals surface area contributed by atoms with Gasteiger partial charge in [0.2, 0.25) is 5.91 Å². The van der Waals surface area contributed by atoms with Gasteiger partial charge in [-0.15, -0.1) is 0 Å². The number of rotatable bonds is 6. The minimum absolute atomic E-state index is 0.184. The molecule has 148 valence electrons. The molecule has 0 fully saturated rings. The number of nitrogens with zero attached hydrogens (tertiary/aromatic N) is 2. The zero-order valence-corrected chi connectivity index (χ0v) is 17.3. The summed E-state index contributed by atoms with van der Waals surface area (Å²) in [7, 11) is 0. The summed E-state index contributed by atoms with van der Waals surface area (Å²) in [5, 5.41) is 6.44. The van der Waals surface area contributed by atoms with Crippen LogP contribution in [0.1, 0.15) is 27.4 Å². The van der Waals surface area contributed by atoms with Crippen LogP contribution in [-0.2, 0) is 4.79 Å². The minimum atomic E-state index is -0.277. The predicted octanol–water partition coefficient (Wildman–Crippen LogP) is 4.38. The summed E-state index contributed by atoms with van der Waals surface area (Å²) in [6.45, 7) is 5.67. The highest BCUT2D eigenvalue weighted by molar-refractivity contribution is 7.99. The van der Waals surface area contributed by atoms with E-state index in [2.05, 4.69) is 20.6 Å². The maximum absolute atomic E-state index is 12.7. The Morgan fingerprint density at radius 3 is 2.48 bits per heavy atom. The Labute approximate surface area is 174 Å². The van der Waals surface area contributed by atoms with Crippen LogP contribution in [0.25, 0.3) is 0 Å². The van der Waals surface area contributed by atoms with Crippen LogP contribution in [0.5, 0.6) is 0 Å².